The van der Waals surface area contributed by atoms with Crippen LogP contribution in [0.2, 0.25) is 0 Å². The van der Waals surface area contributed by atoms with Crippen molar-refractivity contribution in [3.8, 4) is 5.75 Å². The molecule has 2 rings (SSSR count). The van der Waals surface area contributed by atoms with E-state index in [4.69, 9.17) is 10.5 Å². The molecule has 2 aromatic rings. The molecular formula is C14H12BrFN2O2. The van der Waals surface area contributed by atoms with Gasteiger partial charge in [0.25, 0.3) is 5.91 Å². The number of hydrogen-bond donors (Lipinski definition) is 2. The van der Waals surface area contributed by atoms with Gasteiger partial charge in [-0.3, -0.25) is 4.79 Å². The standard InChI is InChI=1S/C14H12BrFN2O2/c1-20-12-7-8(5-6-10(12)16)18-14(19)9-3-2-4-11(17)13(9)15/h2-7H,17H2,1H3,(H,18,19). The fourth-order valence-electron chi connectivity index (χ4n) is 1.66. The SMILES string of the molecule is COc1cc(NC(=O)c2cccc(N)c2Br)ccc1F. The van der Waals surface area contributed by atoms with Crippen LogP contribution in [0.15, 0.2) is 40.9 Å². The molecule has 0 fully saturated rings. The van der Waals surface area contributed by atoms with E-state index >= 15 is 0 Å². The van der Waals surface area contributed by atoms with Crippen molar-refractivity contribution in [2.45, 2.75) is 0 Å². The Morgan fingerprint density at radius 1 is 1.35 bits per heavy atom. The zero-order valence-electron chi connectivity index (χ0n) is 10.6. The van der Waals surface area contributed by atoms with Gasteiger partial charge in [-0.1, -0.05) is 6.07 Å². The van der Waals surface area contributed by atoms with Gasteiger partial charge >= 0.3 is 0 Å². The van der Waals surface area contributed by atoms with E-state index in [9.17, 15) is 9.18 Å². The topological polar surface area (TPSA) is 64.3 Å². The van der Waals surface area contributed by atoms with Crippen LogP contribution in [0.25, 0.3) is 0 Å². The number of nitrogen functional groups attached to an aromatic ring is 1. The molecule has 0 aliphatic rings. The first kappa shape index (κ1) is 14.3. The van der Waals surface area contributed by atoms with Gasteiger partial charge in [0.15, 0.2) is 11.6 Å². The summed E-state index contributed by atoms with van der Waals surface area (Å²) in [5.74, 6) is -0.775. The highest BCUT2D eigenvalue weighted by atomic mass is 79.9. The second-order valence-electron chi connectivity index (χ2n) is 4.01. The molecule has 0 aliphatic carbocycles. The van der Waals surface area contributed by atoms with Gasteiger partial charge in [-0.25, -0.2) is 4.39 Å². The second-order valence-corrected chi connectivity index (χ2v) is 4.81. The average molecular weight is 339 g/mol. The van der Waals surface area contributed by atoms with E-state index in [0.717, 1.165) is 0 Å². The predicted octanol–water partition coefficient (Wildman–Crippen LogP) is 3.43. The largest absolute Gasteiger partial charge is 0.494 e. The van der Waals surface area contributed by atoms with Crippen LogP contribution in [0.1, 0.15) is 10.4 Å². The van der Waals surface area contributed by atoms with Crippen molar-refractivity contribution in [3.05, 3.63) is 52.3 Å². The lowest BCUT2D eigenvalue weighted by Crippen LogP contribution is -2.13. The van der Waals surface area contributed by atoms with Crippen molar-refractivity contribution in [2.24, 2.45) is 0 Å². The van der Waals surface area contributed by atoms with Crippen LogP contribution in [0, 0.1) is 5.82 Å². The number of methoxy groups -OCH3 is 1. The maximum atomic E-state index is 13.3. The fraction of sp³-hybridized carbons (Fsp3) is 0.0714. The third-order valence-electron chi connectivity index (χ3n) is 2.68. The first-order valence-electron chi connectivity index (χ1n) is 5.72. The molecule has 2 aromatic carbocycles. The van der Waals surface area contributed by atoms with Gasteiger partial charge < -0.3 is 15.8 Å². The third-order valence-corrected chi connectivity index (χ3v) is 3.57. The highest BCUT2D eigenvalue weighted by Gasteiger charge is 2.13. The third kappa shape index (κ3) is 2.91. The molecule has 0 heterocycles. The van der Waals surface area contributed by atoms with Crippen LogP contribution in [0.3, 0.4) is 0 Å². The maximum absolute atomic E-state index is 13.3. The number of ether oxygens (including phenoxy) is 1. The number of hydrogen-bond acceptors (Lipinski definition) is 3. The Morgan fingerprint density at radius 3 is 2.80 bits per heavy atom. The first-order valence-corrected chi connectivity index (χ1v) is 6.51. The number of carbonyl (C=O) groups is 1. The van der Waals surface area contributed by atoms with Gasteiger partial charge in [-0.15, -0.1) is 0 Å². The Labute approximate surface area is 123 Å². The zero-order valence-corrected chi connectivity index (χ0v) is 12.2. The molecule has 0 aromatic heterocycles. The summed E-state index contributed by atoms with van der Waals surface area (Å²) in [6.07, 6.45) is 0. The maximum Gasteiger partial charge on any atom is 0.256 e. The molecule has 0 bridgehead atoms. The summed E-state index contributed by atoms with van der Waals surface area (Å²) in [6.45, 7) is 0. The van der Waals surface area contributed by atoms with Crippen LogP contribution in [0.5, 0.6) is 5.75 Å². The smallest absolute Gasteiger partial charge is 0.256 e. The van der Waals surface area contributed by atoms with E-state index < -0.39 is 5.82 Å². The molecule has 0 radical (unpaired) electrons. The number of carbonyl (C=O) groups excluding carboxylic acids is 1. The van der Waals surface area contributed by atoms with E-state index in [0.29, 0.717) is 21.4 Å². The van der Waals surface area contributed by atoms with E-state index in [1.165, 1.54) is 25.3 Å². The molecule has 6 heteroatoms. The lowest BCUT2D eigenvalue weighted by molar-refractivity contribution is 0.102. The number of rotatable bonds is 3. The number of nitrogens with two attached hydrogens (primary N) is 1. The van der Waals surface area contributed by atoms with Gasteiger partial charge in [-0.05, 0) is 40.2 Å². The number of amides is 1. The summed E-state index contributed by atoms with van der Waals surface area (Å²) >= 11 is 3.26. The van der Waals surface area contributed by atoms with Gasteiger partial charge in [0.2, 0.25) is 0 Å². The fourth-order valence-corrected chi connectivity index (χ4v) is 2.11. The summed E-state index contributed by atoms with van der Waals surface area (Å²) in [7, 11) is 1.36. The van der Waals surface area contributed by atoms with Crippen molar-refractivity contribution < 1.29 is 13.9 Å². The molecule has 104 valence electrons. The molecular weight excluding hydrogens is 327 g/mol. The van der Waals surface area contributed by atoms with Gasteiger partial charge in [0, 0.05) is 17.4 Å². The number of halogens is 2. The summed E-state index contributed by atoms with van der Waals surface area (Å²) in [5.41, 5.74) is 7.02. The summed E-state index contributed by atoms with van der Waals surface area (Å²) in [6, 6.07) is 9.09. The summed E-state index contributed by atoms with van der Waals surface area (Å²) < 4.78 is 18.7. The Hall–Kier alpha value is -2.08. The first-order chi connectivity index (χ1) is 9.52. The molecule has 20 heavy (non-hydrogen) atoms. The molecule has 4 nitrogen and oxygen atoms in total. The molecule has 3 N–H and O–H groups in total. The molecule has 0 aliphatic heterocycles. The van der Waals surface area contributed by atoms with E-state index in [1.54, 1.807) is 18.2 Å². The Balaban J connectivity index is 2.26. The van der Waals surface area contributed by atoms with E-state index in [1.807, 2.05) is 0 Å². The monoisotopic (exact) mass is 338 g/mol. The van der Waals surface area contributed by atoms with Crippen molar-refractivity contribution in [1.29, 1.82) is 0 Å². The van der Waals surface area contributed by atoms with Crippen LogP contribution < -0.4 is 15.8 Å². The molecule has 0 saturated carbocycles. The number of benzene rings is 2. The molecule has 0 unspecified atom stereocenters. The molecule has 0 atom stereocenters. The zero-order chi connectivity index (χ0) is 14.7. The quantitative estimate of drug-likeness (QED) is 0.842. The van der Waals surface area contributed by atoms with Gasteiger partial charge in [-0.2, -0.15) is 0 Å². The Bertz CT molecular complexity index is 662. The molecule has 0 saturated heterocycles. The summed E-state index contributed by atoms with van der Waals surface area (Å²) in [5, 5.41) is 2.66. The molecule has 0 spiro atoms. The normalized spacial score (nSPS) is 10.2. The van der Waals surface area contributed by atoms with E-state index in [-0.39, 0.29) is 11.7 Å². The van der Waals surface area contributed by atoms with Crippen molar-refractivity contribution in [1.82, 2.24) is 0 Å². The summed E-state index contributed by atoms with van der Waals surface area (Å²) in [4.78, 5) is 12.1. The minimum Gasteiger partial charge on any atom is -0.494 e. The van der Waals surface area contributed by atoms with E-state index in [2.05, 4.69) is 21.2 Å². The number of nitrogens with one attached hydrogen (secondary N) is 1. The van der Waals surface area contributed by atoms with Crippen LogP contribution in [-0.2, 0) is 0 Å². The van der Waals surface area contributed by atoms with Gasteiger partial charge in [0.05, 0.1) is 17.1 Å². The molecule has 1 amide bonds. The Morgan fingerprint density at radius 2 is 2.10 bits per heavy atom. The van der Waals surface area contributed by atoms with Crippen LogP contribution in [-0.4, -0.2) is 13.0 Å². The number of anilines is 2. The highest BCUT2D eigenvalue weighted by molar-refractivity contribution is 9.10. The highest BCUT2D eigenvalue weighted by Crippen LogP contribution is 2.26. The van der Waals surface area contributed by atoms with Crippen LogP contribution >= 0.6 is 15.9 Å². The second kappa shape index (κ2) is 5.92. The minimum atomic E-state index is -0.490. The minimum absolute atomic E-state index is 0.0643. The van der Waals surface area contributed by atoms with Crippen molar-refractivity contribution >= 4 is 33.2 Å². The predicted molar refractivity (Wildman–Crippen MR) is 79.5 cm³/mol. The van der Waals surface area contributed by atoms with Crippen LogP contribution in [0.4, 0.5) is 15.8 Å². The lowest BCUT2D eigenvalue weighted by Gasteiger charge is -2.09. The van der Waals surface area contributed by atoms with Gasteiger partial charge in [0.1, 0.15) is 0 Å². The van der Waals surface area contributed by atoms with Crippen molar-refractivity contribution in [3.63, 3.8) is 0 Å². The average Bonchev–Trinajstić information content (AvgIpc) is 2.43. The van der Waals surface area contributed by atoms with Crippen molar-refractivity contribution in [2.75, 3.05) is 18.2 Å². The lowest BCUT2D eigenvalue weighted by atomic mass is 10.2. The Kier molecular flexibility index (Phi) is 4.24.